The number of nitrogens with zero attached hydrogens (tertiary/aromatic N) is 1. The molecule has 168 valence electrons. The summed E-state index contributed by atoms with van der Waals surface area (Å²) in [6.45, 7) is 6.49. The molecule has 0 aromatic heterocycles. The van der Waals surface area contributed by atoms with E-state index in [0.29, 0.717) is 26.1 Å². The zero-order valence-electron chi connectivity index (χ0n) is 18.3. The molecule has 1 amide bonds. The van der Waals surface area contributed by atoms with Gasteiger partial charge in [0.05, 0.1) is 20.2 Å². The van der Waals surface area contributed by atoms with Crippen LogP contribution in [0.3, 0.4) is 0 Å². The Bertz CT molecular complexity index is 918. The summed E-state index contributed by atoms with van der Waals surface area (Å²) in [6.07, 6.45) is 1.27. The van der Waals surface area contributed by atoms with Crippen molar-refractivity contribution in [1.82, 2.24) is 10.6 Å². The first-order valence-electron chi connectivity index (χ1n) is 10.3. The smallest absolute Gasteiger partial charge is 0.224 e. The molecule has 3 rings (SSSR count). The second-order valence-corrected chi connectivity index (χ2v) is 7.15. The van der Waals surface area contributed by atoms with E-state index in [-0.39, 0.29) is 29.9 Å². The fraction of sp³-hybridized carbons (Fsp3) is 0.391. The minimum absolute atomic E-state index is 0. The van der Waals surface area contributed by atoms with Crippen LogP contribution in [0.25, 0.3) is 0 Å². The molecular formula is C23H31IN4O3. The predicted octanol–water partition coefficient (Wildman–Crippen LogP) is 3.64. The van der Waals surface area contributed by atoms with Gasteiger partial charge in [-0.3, -0.25) is 4.79 Å². The summed E-state index contributed by atoms with van der Waals surface area (Å²) in [7, 11) is 1.68. The SMILES string of the molecule is CCNC(=NCc1ccc(C)cc1OC)NCCOc1ccc2c(c1)CCC(=O)N2.I. The number of carbonyl (C=O) groups is 1. The van der Waals surface area contributed by atoms with Crippen molar-refractivity contribution in [2.45, 2.75) is 33.2 Å². The van der Waals surface area contributed by atoms with Crippen LogP contribution < -0.4 is 25.4 Å². The Balaban J connectivity index is 0.00000341. The molecule has 2 aromatic carbocycles. The summed E-state index contributed by atoms with van der Waals surface area (Å²) >= 11 is 0. The summed E-state index contributed by atoms with van der Waals surface area (Å²) < 4.78 is 11.3. The average Bonchev–Trinajstić information content (AvgIpc) is 2.75. The third kappa shape index (κ3) is 7.30. The fourth-order valence-corrected chi connectivity index (χ4v) is 3.28. The Kier molecular flexibility index (Phi) is 9.90. The number of guanidine groups is 1. The van der Waals surface area contributed by atoms with E-state index in [1.54, 1.807) is 7.11 Å². The first-order chi connectivity index (χ1) is 14.6. The number of aryl methyl sites for hydroxylation is 2. The Labute approximate surface area is 201 Å². The highest BCUT2D eigenvalue weighted by molar-refractivity contribution is 14.0. The zero-order chi connectivity index (χ0) is 21.3. The van der Waals surface area contributed by atoms with E-state index >= 15 is 0 Å². The molecule has 0 radical (unpaired) electrons. The predicted molar refractivity (Wildman–Crippen MR) is 135 cm³/mol. The van der Waals surface area contributed by atoms with Gasteiger partial charge in [-0.15, -0.1) is 24.0 Å². The summed E-state index contributed by atoms with van der Waals surface area (Å²) in [5, 5.41) is 9.42. The molecule has 2 aromatic rings. The monoisotopic (exact) mass is 538 g/mol. The van der Waals surface area contributed by atoms with Gasteiger partial charge in [0, 0.05) is 24.2 Å². The molecule has 8 heteroatoms. The van der Waals surface area contributed by atoms with Crippen molar-refractivity contribution in [3.05, 3.63) is 53.1 Å². The lowest BCUT2D eigenvalue weighted by atomic mass is 10.0. The van der Waals surface area contributed by atoms with Gasteiger partial charge in [-0.05, 0) is 55.7 Å². The van der Waals surface area contributed by atoms with Crippen LogP contribution in [0.5, 0.6) is 11.5 Å². The Hall–Kier alpha value is -2.49. The quantitative estimate of drug-likeness (QED) is 0.207. The number of benzene rings is 2. The van der Waals surface area contributed by atoms with Crippen LogP contribution in [0.4, 0.5) is 5.69 Å². The summed E-state index contributed by atoms with van der Waals surface area (Å²) in [5.74, 6) is 2.45. The minimum Gasteiger partial charge on any atom is -0.496 e. The Morgan fingerprint density at radius 2 is 2.00 bits per heavy atom. The number of hydrogen-bond donors (Lipinski definition) is 3. The zero-order valence-corrected chi connectivity index (χ0v) is 20.6. The lowest BCUT2D eigenvalue weighted by Gasteiger charge is -2.18. The number of aliphatic imine (C=N–C) groups is 1. The molecular weight excluding hydrogens is 507 g/mol. The van der Waals surface area contributed by atoms with E-state index in [1.165, 1.54) is 0 Å². The van der Waals surface area contributed by atoms with Crippen molar-refractivity contribution < 1.29 is 14.3 Å². The van der Waals surface area contributed by atoms with Crippen molar-refractivity contribution in [2.24, 2.45) is 4.99 Å². The highest BCUT2D eigenvalue weighted by Crippen LogP contribution is 2.26. The second kappa shape index (κ2) is 12.4. The number of halogens is 1. The van der Waals surface area contributed by atoms with Gasteiger partial charge < -0.3 is 25.4 Å². The Morgan fingerprint density at radius 1 is 1.16 bits per heavy atom. The van der Waals surface area contributed by atoms with Gasteiger partial charge in [0.15, 0.2) is 5.96 Å². The molecule has 0 unspecified atom stereocenters. The first-order valence-corrected chi connectivity index (χ1v) is 10.3. The lowest BCUT2D eigenvalue weighted by molar-refractivity contribution is -0.116. The van der Waals surface area contributed by atoms with E-state index < -0.39 is 0 Å². The molecule has 0 atom stereocenters. The standard InChI is InChI=1S/C23H30N4O3.HI/c1-4-24-23(26-15-18-6-5-16(2)13-21(18)29-3)25-11-12-30-19-8-9-20-17(14-19)7-10-22(28)27-20;/h5-6,8-9,13-14H,4,7,10-12,15H2,1-3H3,(H,27,28)(H2,24,25,26);1H. The van der Waals surface area contributed by atoms with Gasteiger partial charge in [0.1, 0.15) is 18.1 Å². The van der Waals surface area contributed by atoms with Crippen LogP contribution in [-0.2, 0) is 17.8 Å². The van der Waals surface area contributed by atoms with Gasteiger partial charge in [0.2, 0.25) is 5.91 Å². The molecule has 0 aliphatic carbocycles. The molecule has 3 N–H and O–H groups in total. The molecule has 31 heavy (non-hydrogen) atoms. The van der Waals surface area contributed by atoms with Crippen LogP contribution >= 0.6 is 24.0 Å². The first kappa shape index (κ1) is 24.8. The van der Waals surface area contributed by atoms with Crippen LogP contribution in [0.2, 0.25) is 0 Å². The van der Waals surface area contributed by atoms with Crippen molar-refractivity contribution in [3.8, 4) is 11.5 Å². The van der Waals surface area contributed by atoms with E-state index in [9.17, 15) is 4.79 Å². The van der Waals surface area contributed by atoms with Crippen molar-refractivity contribution >= 4 is 41.5 Å². The molecule has 0 fully saturated rings. The molecule has 0 saturated heterocycles. The summed E-state index contributed by atoms with van der Waals surface area (Å²) in [6, 6.07) is 11.9. The highest BCUT2D eigenvalue weighted by Gasteiger charge is 2.15. The van der Waals surface area contributed by atoms with Crippen molar-refractivity contribution in [3.63, 3.8) is 0 Å². The van der Waals surface area contributed by atoms with E-state index in [0.717, 1.165) is 52.8 Å². The molecule has 0 spiro atoms. The van der Waals surface area contributed by atoms with Crippen molar-refractivity contribution in [2.75, 3.05) is 32.1 Å². The number of nitrogens with one attached hydrogen (secondary N) is 3. The van der Waals surface area contributed by atoms with E-state index in [2.05, 4.69) is 27.0 Å². The molecule has 1 aliphatic rings. The van der Waals surface area contributed by atoms with Gasteiger partial charge in [-0.1, -0.05) is 12.1 Å². The maximum Gasteiger partial charge on any atom is 0.224 e. The Morgan fingerprint density at radius 3 is 2.77 bits per heavy atom. The third-order valence-corrected chi connectivity index (χ3v) is 4.83. The maximum atomic E-state index is 11.5. The van der Waals surface area contributed by atoms with Crippen LogP contribution in [0.1, 0.15) is 30.0 Å². The molecule has 0 saturated carbocycles. The number of anilines is 1. The normalized spacial score (nSPS) is 12.9. The van der Waals surface area contributed by atoms with Crippen LogP contribution in [-0.4, -0.2) is 38.7 Å². The van der Waals surface area contributed by atoms with E-state index in [1.807, 2.05) is 44.2 Å². The number of rotatable bonds is 8. The molecule has 1 aliphatic heterocycles. The van der Waals surface area contributed by atoms with Crippen LogP contribution in [0, 0.1) is 6.92 Å². The van der Waals surface area contributed by atoms with Gasteiger partial charge in [-0.2, -0.15) is 0 Å². The maximum absolute atomic E-state index is 11.5. The minimum atomic E-state index is 0. The lowest BCUT2D eigenvalue weighted by Crippen LogP contribution is -2.39. The second-order valence-electron chi connectivity index (χ2n) is 7.15. The number of fused-ring (bicyclic) bond motifs is 1. The van der Waals surface area contributed by atoms with Gasteiger partial charge >= 0.3 is 0 Å². The summed E-state index contributed by atoms with van der Waals surface area (Å²) in [5.41, 5.74) is 4.19. The van der Waals surface area contributed by atoms with Gasteiger partial charge in [0.25, 0.3) is 0 Å². The fourth-order valence-electron chi connectivity index (χ4n) is 3.28. The number of ether oxygens (including phenoxy) is 2. The van der Waals surface area contributed by atoms with Crippen molar-refractivity contribution in [1.29, 1.82) is 0 Å². The number of hydrogen-bond acceptors (Lipinski definition) is 4. The third-order valence-electron chi connectivity index (χ3n) is 4.83. The number of carbonyl (C=O) groups excluding carboxylic acids is 1. The number of amides is 1. The number of methoxy groups -OCH3 is 1. The van der Waals surface area contributed by atoms with E-state index in [4.69, 9.17) is 9.47 Å². The largest absolute Gasteiger partial charge is 0.496 e. The van der Waals surface area contributed by atoms with Crippen LogP contribution in [0.15, 0.2) is 41.4 Å². The molecule has 0 bridgehead atoms. The summed E-state index contributed by atoms with van der Waals surface area (Å²) in [4.78, 5) is 16.1. The molecule has 1 heterocycles. The highest BCUT2D eigenvalue weighted by atomic mass is 127. The molecule has 7 nitrogen and oxygen atoms in total. The van der Waals surface area contributed by atoms with Gasteiger partial charge in [-0.25, -0.2) is 4.99 Å². The topological polar surface area (TPSA) is 84.0 Å². The average molecular weight is 538 g/mol.